The number of methoxy groups -OCH3 is 1. The first-order valence-electron chi connectivity index (χ1n) is 8.79. The fraction of sp³-hybridized carbons (Fsp3) is 0.450. The third kappa shape index (κ3) is 2.65. The maximum Gasteiger partial charge on any atom is 0.161 e. The van der Waals surface area contributed by atoms with Gasteiger partial charge in [-0.15, -0.1) is 0 Å². The highest BCUT2D eigenvalue weighted by Crippen LogP contribution is 2.44. The first kappa shape index (κ1) is 15.5. The highest BCUT2D eigenvalue weighted by Gasteiger charge is 2.40. The topological polar surface area (TPSA) is 34.6 Å². The average molecular weight is 324 g/mol. The Kier molecular flexibility index (Phi) is 4.15. The molecular formula is C20H24N2O2. The van der Waals surface area contributed by atoms with Gasteiger partial charge >= 0.3 is 0 Å². The molecule has 1 aromatic heterocycles. The largest absolute Gasteiger partial charge is 0.493 e. The third-order valence-corrected chi connectivity index (χ3v) is 5.25. The molecule has 1 aromatic carbocycles. The van der Waals surface area contributed by atoms with Crippen LogP contribution in [0.3, 0.4) is 0 Å². The van der Waals surface area contributed by atoms with Crippen LogP contribution in [0.4, 0.5) is 0 Å². The van der Waals surface area contributed by atoms with Gasteiger partial charge in [-0.3, -0.25) is 9.88 Å². The molecular weight excluding hydrogens is 300 g/mol. The second-order valence-corrected chi connectivity index (χ2v) is 6.58. The Morgan fingerprint density at radius 3 is 2.96 bits per heavy atom. The summed E-state index contributed by atoms with van der Waals surface area (Å²) < 4.78 is 11.1. The Hall–Kier alpha value is -2.07. The van der Waals surface area contributed by atoms with Gasteiger partial charge in [0.2, 0.25) is 0 Å². The monoisotopic (exact) mass is 324 g/mol. The van der Waals surface area contributed by atoms with Crippen molar-refractivity contribution in [2.45, 2.75) is 44.8 Å². The van der Waals surface area contributed by atoms with Crippen molar-refractivity contribution in [3.63, 3.8) is 0 Å². The Labute approximate surface area is 143 Å². The normalized spacial score (nSPS) is 22.2. The standard InChI is InChI=1S/C20H24N2O2/c1-3-24-20-11-14(6-9-19(20)23-2)13-22-15-7-8-18(22)16-5-4-10-21-17(16)12-15/h4-6,9-11,15,18H,3,7-8,12-13H2,1-2H3/t15-,18-/m1/s1. The van der Waals surface area contributed by atoms with Crippen LogP contribution in [0, 0.1) is 0 Å². The third-order valence-electron chi connectivity index (χ3n) is 5.25. The Morgan fingerprint density at radius 2 is 2.12 bits per heavy atom. The molecule has 2 aliphatic heterocycles. The van der Waals surface area contributed by atoms with Gasteiger partial charge in [0.1, 0.15) is 0 Å². The van der Waals surface area contributed by atoms with Gasteiger partial charge in [0, 0.05) is 36.9 Å². The quantitative estimate of drug-likeness (QED) is 0.839. The minimum Gasteiger partial charge on any atom is -0.493 e. The number of nitrogens with zero attached hydrogens (tertiary/aromatic N) is 2. The summed E-state index contributed by atoms with van der Waals surface area (Å²) in [5.41, 5.74) is 4.00. The zero-order valence-corrected chi connectivity index (χ0v) is 14.4. The van der Waals surface area contributed by atoms with E-state index in [0.717, 1.165) is 24.5 Å². The lowest BCUT2D eigenvalue weighted by Gasteiger charge is -2.35. The van der Waals surface area contributed by atoms with E-state index in [4.69, 9.17) is 9.47 Å². The van der Waals surface area contributed by atoms with Crippen molar-refractivity contribution in [3.8, 4) is 11.5 Å². The van der Waals surface area contributed by atoms with Crippen molar-refractivity contribution in [2.24, 2.45) is 0 Å². The van der Waals surface area contributed by atoms with Gasteiger partial charge in [-0.2, -0.15) is 0 Å². The molecule has 126 valence electrons. The van der Waals surface area contributed by atoms with Crippen LogP contribution in [0.5, 0.6) is 11.5 Å². The van der Waals surface area contributed by atoms with Gasteiger partial charge in [-0.05, 0) is 49.1 Å². The van der Waals surface area contributed by atoms with Crippen LogP contribution < -0.4 is 9.47 Å². The van der Waals surface area contributed by atoms with Crippen LogP contribution in [-0.2, 0) is 13.0 Å². The Balaban J connectivity index is 1.59. The van der Waals surface area contributed by atoms with E-state index in [1.807, 2.05) is 19.2 Å². The van der Waals surface area contributed by atoms with Crippen molar-refractivity contribution in [2.75, 3.05) is 13.7 Å². The first-order chi connectivity index (χ1) is 11.8. The van der Waals surface area contributed by atoms with Gasteiger partial charge in [0.15, 0.2) is 11.5 Å². The number of hydrogen-bond donors (Lipinski definition) is 0. The van der Waals surface area contributed by atoms with Gasteiger partial charge < -0.3 is 9.47 Å². The summed E-state index contributed by atoms with van der Waals surface area (Å²) in [6, 6.07) is 11.7. The highest BCUT2D eigenvalue weighted by molar-refractivity contribution is 5.43. The number of aromatic nitrogens is 1. The van der Waals surface area contributed by atoms with Gasteiger partial charge in [0.25, 0.3) is 0 Å². The number of hydrogen-bond acceptors (Lipinski definition) is 4. The van der Waals surface area contributed by atoms with Crippen LogP contribution in [0.2, 0.25) is 0 Å². The zero-order valence-electron chi connectivity index (χ0n) is 14.4. The molecule has 2 bridgehead atoms. The Morgan fingerprint density at radius 1 is 1.21 bits per heavy atom. The smallest absolute Gasteiger partial charge is 0.161 e. The molecule has 2 aliphatic rings. The number of fused-ring (bicyclic) bond motifs is 4. The summed E-state index contributed by atoms with van der Waals surface area (Å²) in [6.07, 6.45) is 5.49. The van der Waals surface area contributed by atoms with E-state index in [2.05, 4.69) is 34.1 Å². The maximum atomic E-state index is 5.73. The molecule has 1 saturated heterocycles. The molecule has 0 N–H and O–H groups in total. The minimum absolute atomic E-state index is 0.505. The van der Waals surface area contributed by atoms with Crippen LogP contribution in [0.25, 0.3) is 0 Å². The summed E-state index contributed by atoms with van der Waals surface area (Å²) in [4.78, 5) is 7.24. The predicted octanol–water partition coefficient (Wildman–Crippen LogP) is 3.75. The van der Waals surface area contributed by atoms with E-state index < -0.39 is 0 Å². The SMILES string of the molecule is CCOc1cc(CN2[C@@H]3CC[C@@H]2c2cccnc2C3)ccc1OC. The van der Waals surface area contributed by atoms with E-state index in [0.29, 0.717) is 18.7 Å². The number of rotatable bonds is 5. The fourth-order valence-electron chi connectivity index (χ4n) is 4.18. The van der Waals surface area contributed by atoms with Crippen LogP contribution >= 0.6 is 0 Å². The lowest BCUT2D eigenvalue weighted by Crippen LogP contribution is -2.37. The summed E-state index contributed by atoms with van der Waals surface area (Å²) in [5, 5.41) is 0. The molecule has 0 aliphatic carbocycles. The highest BCUT2D eigenvalue weighted by atomic mass is 16.5. The van der Waals surface area contributed by atoms with Gasteiger partial charge in [-0.1, -0.05) is 12.1 Å². The lowest BCUT2D eigenvalue weighted by molar-refractivity contribution is 0.166. The van der Waals surface area contributed by atoms with E-state index in [1.165, 1.54) is 29.7 Å². The lowest BCUT2D eigenvalue weighted by atomic mass is 9.97. The summed E-state index contributed by atoms with van der Waals surface area (Å²) in [5.74, 6) is 1.64. The van der Waals surface area contributed by atoms with E-state index in [9.17, 15) is 0 Å². The predicted molar refractivity (Wildman–Crippen MR) is 93.4 cm³/mol. The van der Waals surface area contributed by atoms with Crippen LogP contribution in [0.1, 0.15) is 42.6 Å². The van der Waals surface area contributed by atoms with Crippen molar-refractivity contribution < 1.29 is 9.47 Å². The first-order valence-corrected chi connectivity index (χ1v) is 8.79. The molecule has 0 amide bonds. The number of pyridine rings is 1. The molecule has 4 rings (SSSR count). The second kappa shape index (κ2) is 6.44. The molecule has 0 radical (unpaired) electrons. The summed E-state index contributed by atoms with van der Waals surface area (Å²) in [6.45, 7) is 3.60. The molecule has 4 nitrogen and oxygen atoms in total. The molecule has 24 heavy (non-hydrogen) atoms. The molecule has 0 saturated carbocycles. The molecule has 2 atom stereocenters. The molecule has 0 unspecified atom stereocenters. The number of benzene rings is 1. The van der Waals surface area contributed by atoms with Crippen molar-refractivity contribution in [1.82, 2.24) is 9.88 Å². The molecule has 3 heterocycles. The van der Waals surface area contributed by atoms with Gasteiger partial charge in [0.05, 0.1) is 13.7 Å². The van der Waals surface area contributed by atoms with Crippen LogP contribution in [0.15, 0.2) is 36.5 Å². The van der Waals surface area contributed by atoms with Crippen molar-refractivity contribution in [3.05, 3.63) is 53.3 Å². The Bertz CT molecular complexity index is 731. The minimum atomic E-state index is 0.505. The molecule has 2 aromatic rings. The molecule has 1 fully saturated rings. The summed E-state index contributed by atoms with van der Waals surface area (Å²) >= 11 is 0. The van der Waals surface area contributed by atoms with Gasteiger partial charge in [-0.25, -0.2) is 0 Å². The maximum absolute atomic E-state index is 5.73. The zero-order chi connectivity index (χ0) is 16.5. The van der Waals surface area contributed by atoms with E-state index >= 15 is 0 Å². The average Bonchev–Trinajstić information content (AvgIpc) is 2.88. The van der Waals surface area contributed by atoms with Crippen LogP contribution in [-0.4, -0.2) is 29.6 Å². The fourth-order valence-corrected chi connectivity index (χ4v) is 4.18. The second-order valence-electron chi connectivity index (χ2n) is 6.58. The van der Waals surface area contributed by atoms with Crippen molar-refractivity contribution >= 4 is 0 Å². The molecule has 4 heteroatoms. The molecule has 0 spiro atoms. The summed E-state index contributed by atoms with van der Waals surface area (Å²) in [7, 11) is 1.69. The number of ether oxygens (including phenoxy) is 2. The van der Waals surface area contributed by atoms with E-state index in [1.54, 1.807) is 7.11 Å². The van der Waals surface area contributed by atoms with Crippen molar-refractivity contribution in [1.29, 1.82) is 0 Å². The van der Waals surface area contributed by atoms with E-state index in [-0.39, 0.29) is 0 Å².